The van der Waals surface area contributed by atoms with E-state index in [2.05, 4.69) is 78.4 Å². The molecule has 133 heavy (non-hydrogen) atoms. The first-order valence-corrected chi connectivity index (χ1v) is 46.3. The third kappa shape index (κ3) is 28.6. The van der Waals surface area contributed by atoms with Crippen LogP contribution in [-0.4, -0.2) is 335 Å². The number of hydrogen-bond acceptors (Lipinski definition) is 24. The van der Waals surface area contributed by atoms with Crippen LogP contribution in [-0.2, 0) is 107 Å². The number of nitrogens with one attached hydrogen (secondary N) is 15. The standard InChI is InChI=1S/C87H120N24O20S2/c1-7-8-21-66-79(124)99-57(20-13-29-93-87(90)91)75(120)106-65(74(119)96-41-71(89)116)44-133-45-72(117)98-60(33-48-24-26-52(114)27-25-48)82(127)107(3)47(2)73(118)102-62(37-70(88)115)84(129)110-30-14-22-67(110)81(126)101-59(36-51-40-92-46-97-51)77(122)105-64(43-113)85(130)111-31-15-23-68(111)80(125)100-58(34-49-38-94-55-18-11-9-16-53(49)55)76(121)104-63(42-112)78(123)103-61(35-50-39-95-56-19-12-10-17-54(50)56)83(128)109(5)69(28-32-132-6)86(131)108(66)4/h9-12,16-19,24-27,38-40,46-47,57-69,94-95,112-114H,7-8,13-15,20-23,28-37,41-45H2,1-6H3,(H2,88,115)(H2,89,116)(H,92,97)(H,96,119)(H,98,117)(H,99,124)(H,100,125)(H,101,126)(H,102,118)(H,103,123)(H,104,121)(H,105,122)(H,106,120)(H4,90,91,93)/t47-,57-,58-,59-,60-,61-,62-,63-,64-,65?,66-,67-,68-,69-/m0/s1. The van der Waals surface area contributed by atoms with Gasteiger partial charge in [-0.25, -0.2) is 4.98 Å². The van der Waals surface area contributed by atoms with Crippen LogP contribution in [0.4, 0.5) is 0 Å². The van der Waals surface area contributed by atoms with Crippen molar-refractivity contribution in [1.82, 2.24) is 103 Å². The molecule has 3 saturated heterocycles. The van der Waals surface area contributed by atoms with Gasteiger partial charge in [-0.2, -0.15) is 11.8 Å². The number of thioether (sulfide) groups is 2. The van der Waals surface area contributed by atoms with Gasteiger partial charge in [-0.15, -0.1) is 11.8 Å². The number of phenols is 1. The number of phenolic OH excluding ortho intramolecular Hbond substituents is 1. The molecule has 3 aliphatic rings. The van der Waals surface area contributed by atoms with Crippen LogP contribution in [0.2, 0.25) is 0 Å². The zero-order valence-electron chi connectivity index (χ0n) is 74.8. The van der Waals surface area contributed by atoms with Crippen molar-refractivity contribution in [2.75, 3.05) is 84.1 Å². The van der Waals surface area contributed by atoms with Crippen LogP contribution in [0.15, 0.2) is 97.7 Å². The number of guanidine groups is 1. The van der Waals surface area contributed by atoms with Crippen LogP contribution in [0.1, 0.15) is 107 Å². The molecule has 24 N–H and O–H groups in total. The van der Waals surface area contributed by atoms with Crippen molar-refractivity contribution in [2.24, 2.45) is 17.2 Å². The van der Waals surface area contributed by atoms with Gasteiger partial charge in [0.1, 0.15) is 90.3 Å². The smallest absolute Gasteiger partial charge is 0.248 e. The SMILES string of the molecule is CCCC[C@H]1C(=O)N[C@@H](CCCNC(=N)N)C(=O)NC(C(=O)NCC(N)=O)CSCC(=O)N[C@@H](Cc2ccc(O)cc2)C(=O)N(C)[C@@H](C)C(=O)N[C@@H](CC(N)=O)C(=O)N2CCC[C@H]2C(=O)N[C@@H](Cc2cnc[nH]2)C(=O)N[C@@H](CO)C(=O)N2CCC[C@H]2C(=O)N[C@@H](Cc2c[nH]c3ccccc23)C(=O)N[C@@H](CO)C(=O)N[C@@H](Cc2c[nH]c3ccccc23)C(=O)N(C)[C@@H](CCSC)C(=O)N1C. The van der Waals surface area contributed by atoms with Gasteiger partial charge in [0.25, 0.3) is 0 Å². The van der Waals surface area contributed by atoms with Gasteiger partial charge >= 0.3 is 0 Å². The van der Waals surface area contributed by atoms with Gasteiger partial charge in [-0.1, -0.05) is 68.3 Å². The molecule has 14 atom stereocenters. The van der Waals surface area contributed by atoms with E-state index >= 15 is 28.8 Å². The van der Waals surface area contributed by atoms with E-state index in [9.17, 15) is 68.1 Å². The molecule has 0 bridgehead atoms. The number of fused-ring (bicyclic) bond motifs is 4. The van der Waals surface area contributed by atoms with Crippen molar-refractivity contribution in [3.8, 4) is 5.75 Å². The minimum atomic E-state index is -1.88. The highest BCUT2D eigenvalue weighted by atomic mass is 32.2. The number of aliphatic hydroxyl groups excluding tert-OH is 2. The van der Waals surface area contributed by atoms with Gasteiger partial charge in [-0.3, -0.25) is 86.9 Å². The van der Waals surface area contributed by atoms with Crippen molar-refractivity contribution in [3.05, 3.63) is 120 Å². The predicted octanol–water partition coefficient (Wildman–Crippen LogP) is -4.39. The lowest BCUT2D eigenvalue weighted by atomic mass is 10.0. The minimum absolute atomic E-state index is 0.0159. The van der Waals surface area contributed by atoms with Crippen molar-refractivity contribution in [2.45, 2.75) is 195 Å². The van der Waals surface area contributed by atoms with E-state index in [0.29, 0.717) is 51.3 Å². The largest absolute Gasteiger partial charge is 0.508 e. The number of aliphatic hydroxyl groups is 2. The lowest BCUT2D eigenvalue weighted by molar-refractivity contribution is -0.149. The molecule has 6 heterocycles. The Morgan fingerprint density at radius 3 is 1.62 bits per heavy atom. The molecule has 3 aliphatic heterocycles. The fraction of sp³-hybridized carbons (Fsp3) is 0.506. The third-order valence-electron chi connectivity index (χ3n) is 23.5. The highest BCUT2D eigenvalue weighted by molar-refractivity contribution is 8.00. The molecule has 44 nitrogen and oxygen atoms in total. The molecule has 17 amide bonds. The number of para-hydroxylation sites is 2. The first-order valence-electron chi connectivity index (χ1n) is 43.7. The molecule has 3 aromatic carbocycles. The molecule has 9 rings (SSSR count). The van der Waals surface area contributed by atoms with E-state index in [1.807, 2.05) is 6.92 Å². The summed E-state index contributed by atoms with van der Waals surface area (Å²) in [5.41, 5.74) is 19.7. The monoisotopic (exact) mass is 1880 g/mol. The molecule has 0 spiro atoms. The fourth-order valence-electron chi connectivity index (χ4n) is 16.1. The summed E-state index contributed by atoms with van der Waals surface area (Å²) in [7, 11) is 3.88. The van der Waals surface area contributed by atoms with Crippen molar-refractivity contribution >= 4 is 152 Å². The Kier molecular flexibility index (Phi) is 38.7. The number of nitrogens with two attached hydrogens (primary N) is 3. The maximum absolute atomic E-state index is 15.7. The molecule has 3 aromatic heterocycles. The second-order valence-corrected chi connectivity index (χ2v) is 35.0. The average Bonchev–Trinajstić information content (AvgIpc) is 1.80. The summed E-state index contributed by atoms with van der Waals surface area (Å²) in [6, 6.07) is -2.47. The first-order chi connectivity index (χ1) is 63.5. The number of H-pyrrole nitrogens is 3. The molecule has 720 valence electrons. The highest BCUT2D eigenvalue weighted by Crippen LogP contribution is 2.27. The van der Waals surface area contributed by atoms with E-state index in [4.69, 9.17) is 22.6 Å². The number of aromatic hydroxyl groups is 1. The molecule has 3 fully saturated rings. The number of amides is 17. The second-order valence-electron chi connectivity index (χ2n) is 33.0. The predicted molar refractivity (Wildman–Crippen MR) is 489 cm³/mol. The van der Waals surface area contributed by atoms with Crippen LogP contribution in [0.3, 0.4) is 0 Å². The Morgan fingerprint density at radius 1 is 0.534 bits per heavy atom. The Bertz CT molecular complexity index is 5150. The second kappa shape index (κ2) is 49.8. The number of carbonyl (C=O) groups excluding carboxylic acids is 17. The molecule has 0 aliphatic carbocycles. The molecule has 0 radical (unpaired) electrons. The van der Waals surface area contributed by atoms with Crippen LogP contribution in [0.5, 0.6) is 5.75 Å². The van der Waals surface area contributed by atoms with Gasteiger partial charge in [0.2, 0.25) is 100 Å². The summed E-state index contributed by atoms with van der Waals surface area (Å²) in [5, 5.41) is 70.1. The molecule has 46 heteroatoms. The lowest BCUT2D eigenvalue weighted by Gasteiger charge is -2.36. The number of aromatic nitrogens is 4. The van der Waals surface area contributed by atoms with Crippen LogP contribution >= 0.6 is 23.5 Å². The Balaban J connectivity index is 1.09. The van der Waals surface area contributed by atoms with Gasteiger partial charge in [0.05, 0.1) is 38.3 Å². The Hall–Kier alpha value is -13.4. The van der Waals surface area contributed by atoms with E-state index in [1.165, 1.54) is 76.6 Å². The normalized spacial score (nSPS) is 24.3. The number of benzene rings is 3. The summed E-state index contributed by atoms with van der Waals surface area (Å²) in [5.74, 6) is -17.7. The number of nitrogens with zero attached hydrogens (tertiary/aromatic N) is 6. The number of imidazole rings is 1. The summed E-state index contributed by atoms with van der Waals surface area (Å²) < 4.78 is 0. The van der Waals surface area contributed by atoms with Crippen molar-refractivity contribution < 1.29 is 96.8 Å². The summed E-state index contributed by atoms with van der Waals surface area (Å²) in [6.45, 7) is -0.0641. The molecular weight excluding hydrogens is 1770 g/mol. The molecule has 0 saturated carbocycles. The fourth-order valence-corrected chi connectivity index (χ4v) is 17.4. The van der Waals surface area contributed by atoms with Crippen molar-refractivity contribution in [1.29, 1.82) is 5.41 Å². The molecular formula is C87H120N24O20S2. The zero-order chi connectivity index (χ0) is 96.9. The Morgan fingerprint density at radius 2 is 1.05 bits per heavy atom. The lowest BCUT2D eigenvalue weighted by Crippen LogP contribution is -2.62. The average molecular weight is 1890 g/mol. The van der Waals surface area contributed by atoms with Gasteiger partial charge < -0.3 is 130 Å². The minimum Gasteiger partial charge on any atom is -0.508 e. The van der Waals surface area contributed by atoms with E-state index in [0.717, 1.165) is 36.3 Å². The van der Waals surface area contributed by atoms with Crippen LogP contribution < -0.4 is 75.7 Å². The third-order valence-corrected chi connectivity index (χ3v) is 25.2. The molecule has 6 aromatic rings. The summed E-state index contributed by atoms with van der Waals surface area (Å²) in [6.07, 6.45) is 6.47. The molecule has 1 unspecified atom stereocenters. The maximum atomic E-state index is 15.7. The van der Waals surface area contributed by atoms with E-state index in [-0.39, 0.29) is 114 Å². The summed E-state index contributed by atoms with van der Waals surface area (Å²) in [4.78, 5) is 267. The van der Waals surface area contributed by atoms with E-state index in [1.54, 1.807) is 67.2 Å². The van der Waals surface area contributed by atoms with E-state index < -0.39 is 229 Å². The number of rotatable bonds is 25. The highest BCUT2D eigenvalue weighted by Gasteiger charge is 2.46. The quantitative estimate of drug-likeness (QED) is 0.0146. The van der Waals surface area contributed by atoms with Gasteiger partial charge in [0.15, 0.2) is 5.96 Å². The van der Waals surface area contributed by atoms with Crippen LogP contribution in [0.25, 0.3) is 21.8 Å². The maximum Gasteiger partial charge on any atom is 0.248 e. The number of primary amides is 2. The number of unbranched alkanes of at least 4 members (excludes halogenated alkanes) is 1. The number of likely N-dealkylation sites (N-methyl/N-ethyl adjacent to an activating group) is 3. The number of hydrogen-bond donors (Lipinski definition) is 21. The van der Waals surface area contributed by atoms with Crippen LogP contribution in [0, 0.1) is 5.41 Å². The zero-order valence-corrected chi connectivity index (χ0v) is 76.4. The summed E-state index contributed by atoms with van der Waals surface area (Å²) >= 11 is 2.08. The first kappa shape index (κ1) is 103. The topological polar surface area (TPSA) is 662 Å². The number of carbonyl (C=O) groups is 17. The van der Waals surface area contributed by atoms with Gasteiger partial charge in [-0.05, 0) is 111 Å². The van der Waals surface area contributed by atoms with Crippen molar-refractivity contribution in [3.63, 3.8) is 0 Å². The Labute approximate surface area is 774 Å². The van der Waals surface area contributed by atoms with Gasteiger partial charge in [0, 0.05) is 118 Å². The number of aromatic amines is 3.